The molecule has 8 nitrogen and oxygen atoms in total. The summed E-state index contributed by atoms with van der Waals surface area (Å²) >= 11 is 1.41. The van der Waals surface area contributed by atoms with Crippen molar-refractivity contribution in [1.82, 2.24) is 20.1 Å². The first-order valence-electron chi connectivity index (χ1n) is 7.73. The molecular formula is C15H20N6O2S. The number of ether oxygens (including phenoxy) is 1. The third kappa shape index (κ3) is 4.70. The quantitative estimate of drug-likeness (QED) is 0.823. The standard InChI is InChI=1S/C15H20N6O2S/c1-20(13-3-2-4-17-19-13)9-12-10-21(6-7-23-12)11-14(22)18-15-16-5-8-24-15/h2-5,8,12H,6-7,9-11H2,1H3,(H,16,18,22). The summed E-state index contributed by atoms with van der Waals surface area (Å²) in [4.78, 5) is 20.2. The van der Waals surface area contributed by atoms with Crippen molar-refractivity contribution in [2.24, 2.45) is 0 Å². The van der Waals surface area contributed by atoms with Gasteiger partial charge in [0.05, 0.1) is 19.3 Å². The number of morpholine rings is 1. The van der Waals surface area contributed by atoms with Crippen molar-refractivity contribution in [3.05, 3.63) is 29.9 Å². The molecule has 1 amide bonds. The maximum Gasteiger partial charge on any atom is 0.240 e. The van der Waals surface area contributed by atoms with Crippen LogP contribution in [0.5, 0.6) is 0 Å². The molecular weight excluding hydrogens is 328 g/mol. The molecule has 128 valence electrons. The first-order chi connectivity index (χ1) is 11.7. The number of carbonyl (C=O) groups is 1. The molecule has 2 aromatic rings. The van der Waals surface area contributed by atoms with Crippen LogP contribution in [0.2, 0.25) is 0 Å². The minimum absolute atomic E-state index is 0.0263. The summed E-state index contributed by atoms with van der Waals surface area (Å²) in [5.74, 6) is 0.757. The smallest absolute Gasteiger partial charge is 0.240 e. The molecule has 1 aliphatic rings. The van der Waals surface area contributed by atoms with Gasteiger partial charge in [-0.25, -0.2) is 4.98 Å². The highest BCUT2D eigenvalue weighted by Gasteiger charge is 2.23. The Morgan fingerprint density at radius 3 is 3.21 bits per heavy atom. The summed E-state index contributed by atoms with van der Waals surface area (Å²) in [5.41, 5.74) is 0. The topological polar surface area (TPSA) is 83.5 Å². The normalized spacial score (nSPS) is 18.3. The second-order valence-corrected chi connectivity index (χ2v) is 6.47. The largest absolute Gasteiger partial charge is 0.374 e. The van der Waals surface area contributed by atoms with E-state index in [0.29, 0.717) is 31.4 Å². The van der Waals surface area contributed by atoms with Crippen molar-refractivity contribution in [3.8, 4) is 0 Å². The fourth-order valence-corrected chi connectivity index (χ4v) is 3.12. The molecule has 1 aliphatic heterocycles. The third-order valence-electron chi connectivity index (χ3n) is 3.70. The second-order valence-electron chi connectivity index (χ2n) is 5.58. The zero-order chi connectivity index (χ0) is 16.8. The van der Waals surface area contributed by atoms with E-state index >= 15 is 0 Å². The van der Waals surface area contributed by atoms with E-state index in [1.807, 2.05) is 29.5 Å². The van der Waals surface area contributed by atoms with Crippen LogP contribution < -0.4 is 10.2 Å². The Kier molecular flexibility index (Phi) is 5.68. The zero-order valence-corrected chi connectivity index (χ0v) is 14.3. The minimum Gasteiger partial charge on any atom is -0.374 e. The number of amides is 1. The maximum atomic E-state index is 12.1. The molecule has 2 aromatic heterocycles. The highest BCUT2D eigenvalue weighted by molar-refractivity contribution is 7.13. The Morgan fingerprint density at radius 2 is 2.46 bits per heavy atom. The summed E-state index contributed by atoms with van der Waals surface area (Å²) in [6.07, 6.45) is 3.35. The summed E-state index contributed by atoms with van der Waals surface area (Å²) in [7, 11) is 1.96. The number of hydrogen-bond acceptors (Lipinski definition) is 8. The number of carbonyl (C=O) groups excluding carboxylic acids is 1. The average molecular weight is 348 g/mol. The Labute approximate surface area is 144 Å². The molecule has 24 heavy (non-hydrogen) atoms. The number of likely N-dealkylation sites (N-methyl/N-ethyl adjacent to an activating group) is 1. The van der Waals surface area contributed by atoms with Crippen molar-refractivity contribution in [1.29, 1.82) is 0 Å². The van der Waals surface area contributed by atoms with Gasteiger partial charge in [0.1, 0.15) is 0 Å². The number of nitrogens with one attached hydrogen (secondary N) is 1. The summed E-state index contributed by atoms with van der Waals surface area (Å²) < 4.78 is 5.81. The van der Waals surface area contributed by atoms with Gasteiger partial charge in [0, 0.05) is 44.5 Å². The fraction of sp³-hybridized carbons (Fsp3) is 0.467. The van der Waals surface area contributed by atoms with Crippen LogP contribution >= 0.6 is 11.3 Å². The molecule has 0 saturated carbocycles. The number of aromatic nitrogens is 3. The van der Waals surface area contributed by atoms with Crippen molar-refractivity contribution < 1.29 is 9.53 Å². The fourth-order valence-electron chi connectivity index (χ4n) is 2.58. The van der Waals surface area contributed by atoms with Gasteiger partial charge < -0.3 is 15.0 Å². The maximum absolute atomic E-state index is 12.1. The van der Waals surface area contributed by atoms with Crippen LogP contribution in [0.3, 0.4) is 0 Å². The van der Waals surface area contributed by atoms with E-state index in [9.17, 15) is 4.79 Å². The van der Waals surface area contributed by atoms with Crippen LogP contribution in [-0.4, -0.2) is 71.9 Å². The molecule has 1 fully saturated rings. The van der Waals surface area contributed by atoms with Gasteiger partial charge in [-0.2, -0.15) is 5.10 Å². The van der Waals surface area contributed by atoms with E-state index in [0.717, 1.165) is 12.4 Å². The molecule has 1 atom stereocenters. The molecule has 1 N–H and O–H groups in total. The lowest BCUT2D eigenvalue weighted by Crippen LogP contribution is -2.49. The Bertz CT molecular complexity index is 639. The molecule has 0 bridgehead atoms. The van der Waals surface area contributed by atoms with E-state index in [1.54, 1.807) is 12.4 Å². The lowest BCUT2D eigenvalue weighted by atomic mass is 10.2. The predicted octanol–water partition coefficient (Wildman–Crippen LogP) is 0.709. The SMILES string of the molecule is CN(CC1CN(CC(=O)Nc2nccs2)CCO1)c1cccnn1. The summed E-state index contributed by atoms with van der Waals surface area (Å²) in [5, 5.41) is 13.3. The molecule has 3 rings (SSSR count). The molecule has 3 heterocycles. The zero-order valence-electron chi connectivity index (χ0n) is 13.5. The van der Waals surface area contributed by atoms with Gasteiger partial charge in [0.25, 0.3) is 0 Å². The van der Waals surface area contributed by atoms with Crippen LogP contribution in [0.1, 0.15) is 0 Å². The Hall–Kier alpha value is -2.10. The highest BCUT2D eigenvalue weighted by atomic mass is 32.1. The van der Waals surface area contributed by atoms with Crippen LogP contribution in [0.25, 0.3) is 0 Å². The van der Waals surface area contributed by atoms with Gasteiger partial charge in [-0.1, -0.05) is 0 Å². The molecule has 0 aliphatic carbocycles. The minimum atomic E-state index is -0.0483. The highest BCUT2D eigenvalue weighted by Crippen LogP contribution is 2.13. The lowest BCUT2D eigenvalue weighted by molar-refractivity contribution is -0.119. The summed E-state index contributed by atoms with van der Waals surface area (Å²) in [6.45, 7) is 3.10. The van der Waals surface area contributed by atoms with Crippen molar-refractivity contribution in [2.75, 3.05) is 50.1 Å². The second kappa shape index (κ2) is 8.13. The van der Waals surface area contributed by atoms with E-state index in [4.69, 9.17) is 4.74 Å². The van der Waals surface area contributed by atoms with Gasteiger partial charge in [-0.3, -0.25) is 9.69 Å². The van der Waals surface area contributed by atoms with E-state index in [-0.39, 0.29) is 12.0 Å². The number of rotatable bonds is 6. The van der Waals surface area contributed by atoms with Gasteiger partial charge >= 0.3 is 0 Å². The average Bonchev–Trinajstić information content (AvgIpc) is 3.08. The molecule has 0 radical (unpaired) electrons. The number of anilines is 2. The van der Waals surface area contributed by atoms with Crippen LogP contribution in [0, 0.1) is 0 Å². The molecule has 1 unspecified atom stereocenters. The van der Waals surface area contributed by atoms with Crippen molar-refractivity contribution >= 4 is 28.2 Å². The molecule has 9 heteroatoms. The number of thiazole rings is 1. The number of hydrogen-bond donors (Lipinski definition) is 1. The third-order valence-corrected chi connectivity index (χ3v) is 4.38. The van der Waals surface area contributed by atoms with E-state index in [1.165, 1.54) is 11.3 Å². The molecule has 1 saturated heterocycles. The van der Waals surface area contributed by atoms with Gasteiger partial charge in [0.15, 0.2) is 10.9 Å². The Morgan fingerprint density at radius 1 is 1.54 bits per heavy atom. The first kappa shape index (κ1) is 16.7. The van der Waals surface area contributed by atoms with Crippen LogP contribution in [-0.2, 0) is 9.53 Å². The van der Waals surface area contributed by atoms with Crippen molar-refractivity contribution in [3.63, 3.8) is 0 Å². The predicted molar refractivity (Wildman–Crippen MR) is 92.2 cm³/mol. The summed E-state index contributed by atoms with van der Waals surface area (Å²) in [6, 6.07) is 3.77. The van der Waals surface area contributed by atoms with E-state index < -0.39 is 0 Å². The Balaban J connectivity index is 1.48. The van der Waals surface area contributed by atoms with Crippen LogP contribution in [0.15, 0.2) is 29.9 Å². The van der Waals surface area contributed by atoms with Crippen LogP contribution in [0.4, 0.5) is 10.9 Å². The van der Waals surface area contributed by atoms with Gasteiger partial charge in [-0.05, 0) is 12.1 Å². The van der Waals surface area contributed by atoms with Gasteiger partial charge in [-0.15, -0.1) is 16.4 Å². The lowest BCUT2D eigenvalue weighted by Gasteiger charge is -2.34. The van der Waals surface area contributed by atoms with E-state index in [2.05, 4.69) is 25.4 Å². The monoisotopic (exact) mass is 348 g/mol. The van der Waals surface area contributed by atoms with Crippen molar-refractivity contribution in [2.45, 2.75) is 6.10 Å². The first-order valence-corrected chi connectivity index (χ1v) is 8.61. The van der Waals surface area contributed by atoms with Gasteiger partial charge in [0.2, 0.25) is 5.91 Å². The molecule has 0 spiro atoms. The number of nitrogens with zero attached hydrogens (tertiary/aromatic N) is 5. The molecule has 0 aromatic carbocycles.